The van der Waals surface area contributed by atoms with Crippen LogP contribution >= 0.6 is 0 Å². The van der Waals surface area contributed by atoms with Gasteiger partial charge in [0.15, 0.2) is 9.84 Å². The van der Waals surface area contributed by atoms with Crippen LogP contribution < -0.4 is 0 Å². The lowest BCUT2D eigenvalue weighted by Gasteiger charge is -2.29. The molecule has 3 aromatic rings. The third-order valence-corrected chi connectivity index (χ3v) is 7.41. The Bertz CT molecular complexity index is 1300. The highest BCUT2D eigenvalue weighted by Gasteiger charge is 2.46. The molecule has 0 saturated heterocycles. The summed E-state index contributed by atoms with van der Waals surface area (Å²) in [6.45, 7) is 1.38. The molecule has 4 rings (SSSR count). The molecular formula is C26H23F3N2O2S. The molecule has 0 radical (unpaired) electrons. The predicted molar refractivity (Wildman–Crippen MR) is 129 cm³/mol. The monoisotopic (exact) mass is 484 g/mol. The number of hydrogen-bond acceptors (Lipinski definition) is 4. The van der Waals surface area contributed by atoms with Gasteiger partial charge in [0.1, 0.15) is 11.4 Å². The van der Waals surface area contributed by atoms with E-state index in [1.54, 1.807) is 0 Å². The molecule has 1 aliphatic heterocycles. The summed E-state index contributed by atoms with van der Waals surface area (Å²) in [4.78, 5) is 8.76. The maximum atomic E-state index is 15.0. The number of halogens is 3. The molecule has 34 heavy (non-hydrogen) atoms. The molecule has 1 heterocycles. The van der Waals surface area contributed by atoms with E-state index in [4.69, 9.17) is 4.99 Å². The molecule has 0 aromatic heterocycles. The molecule has 0 N–H and O–H groups in total. The molecule has 8 heteroatoms. The van der Waals surface area contributed by atoms with Gasteiger partial charge < -0.3 is 0 Å². The highest BCUT2D eigenvalue weighted by atomic mass is 32.2. The van der Waals surface area contributed by atoms with Gasteiger partial charge in [-0.3, -0.25) is 4.99 Å². The fraction of sp³-hybridized carbons (Fsp3) is 0.231. The van der Waals surface area contributed by atoms with Crippen LogP contribution in [0.5, 0.6) is 0 Å². The zero-order valence-electron chi connectivity index (χ0n) is 18.5. The van der Waals surface area contributed by atoms with Crippen LogP contribution in [0, 0.1) is 5.82 Å². The van der Waals surface area contributed by atoms with E-state index in [0.29, 0.717) is 5.71 Å². The second kappa shape index (κ2) is 9.54. The molecular weight excluding hydrogens is 461 g/mol. The van der Waals surface area contributed by atoms with Crippen LogP contribution in [0.1, 0.15) is 30.0 Å². The minimum absolute atomic E-state index is 0.0281. The van der Waals surface area contributed by atoms with Crippen molar-refractivity contribution in [1.29, 1.82) is 0 Å². The van der Waals surface area contributed by atoms with Crippen molar-refractivity contribution in [3.05, 3.63) is 101 Å². The van der Waals surface area contributed by atoms with Gasteiger partial charge in [-0.25, -0.2) is 26.6 Å². The van der Waals surface area contributed by atoms with E-state index in [2.05, 4.69) is 4.99 Å². The second-order valence-corrected chi connectivity index (χ2v) is 10.5. The molecule has 1 atom stereocenters. The SMILES string of the molecule is CC1=N[C@@](c2cc(N=C(c3ccccc3)c3ccccc3)ccc2F)(C(F)F)CCS(=O)(=O)C1. The number of sulfone groups is 1. The third-order valence-electron chi connectivity index (χ3n) is 5.73. The highest BCUT2D eigenvalue weighted by Crippen LogP contribution is 2.41. The first-order valence-corrected chi connectivity index (χ1v) is 12.6. The Balaban J connectivity index is 1.88. The van der Waals surface area contributed by atoms with Crippen molar-refractivity contribution in [2.45, 2.75) is 25.3 Å². The fourth-order valence-corrected chi connectivity index (χ4v) is 5.60. The van der Waals surface area contributed by atoms with Gasteiger partial charge in [-0.1, -0.05) is 60.7 Å². The number of hydrogen-bond donors (Lipinski definition) is 0. The molecule has 0 amide bonds. The van der Waals surface area contributed by atoms with E-state index in [0.717, 1.165) is 17.2 Å². The van der Waals surface area contributed by atoms with Gasteiger partial charge in [0, 0.05) is 22.4 Å². The highest BCUT2D eigenvalue weighted by molar-refractivity contribution is 7.92. The molecule has 3 aromatic carbocycles. The number of rotatable bonds is 5. The van der Waals surface area contributed by atoms with Crippen LogP contribution in [0.2, 0.25) is 0 Å². The number of nitrogens with zero attached hydrogens (tertiary/aromatic N) is 2. The summed E-state index contributed by atoms with van der Waals surface area (Å²) in [5, 5.41) is 0. The van der Waals surface area contributed by atoms with Crippen molar-refractivity contribution >= 4 is 26.9 Å². The fourth-order valence-electron chi connectivity index (χ4n) is 4.13. The van der Waals surface area contributed by atoms with E-state index >= 15 is 0 Å². The Kier molecular flexibility index (Phi) is 6.70. The summed E-state index contributed by atoms with van der Waals surface area (Å²) in [5.74, 6) is -1.81. The molecule has 1 aliphatic rings. The largest absolute Gasteiger partial charge is 0.276 e. The topological polar surface area (TPSA) is 58.9 Å². The summed E-state index contributed by atoms with van der Waals surface area (Å²) in [5.41, 5.74) is -0.175. The lowest BCUT2D eigenvalue weighted by molar-refractivity contribution is 0.0496. The quantitative estimate of drug-likeness (QED) is 0.434. The first kappa shape index (κ1) is 23.9. The van der Waals surface area contributed by atoms with Gasteiger partial charge in [0.05, 0.1) is 22.9 Å². The van der Waals surface area contributed by atoms with E-state index in [9.17, 15) is 21.6 Å². The van der Waals surface area contributed by atoms with Gasteiger partial charge in [-0.2, -0.15) is 0 Å². The van der Waals surface area contributed by atoms with Crippen LogP contribution in [0.15, 0.2) is 88.8 Å². The zero-order valence-corrected chi connectivity index (χ0v) is 19.3. The van der Waals surface area contributed by atoms with Crippen LogP contribution in [0.4, 0.5) is 18.9 Å². The maximum absolute atomic E-state index is 15.0. The average Bonchev–Trinajstić information content (AvgIpc) is 2.94. The van der Waals surface area contributed by atoms with Crippen molar-refractivity contribution in [2.24, 2.45) is 9.98 Å². The smallest absolute Gasteiger partial charge is 0.267 e. The van der Waals surface area contributed by atoms with E-state index < -0.39 is 45.5 Å². The van der Waals surface area contributed by atoms with Crippen molar-refractivity contribution < 1.29 is 21.6 Å². The van der Waals surface area contributed by atoms with Crippen molar-refractivity contribution in [3.8, 4) is 0 Å². The molecule has 176 valence electrons. The number of aliphatic imine (C=N–C) groups is 2. The molecule has 0 aliphatic carbocycles. The second-order valence-electron chi connectivity index (χ2n) is 8.27. The van der Waals surface area contributed by atoms with E-state index in [1.807, 2.05) is 60.7 Å². The van der Waals surface area contributed by atoms with Crippen LogP contribution in [0.25, 0.3) is 0 Å². The summed E-state index contributed by atoms with van der Waals surface area (Å²) in [6.07, 6.45) is -3.62. The van der Waals surface area contributed by atoms with Crippen molar-refractivity contribution in [1.82, 2.24) is 0 Å². The Morgan fingerprint density at radius 3 is 2.12 bits per heavy atom. The van der Waals surface area contributed by atoms with Gasteiger partial charge >= 0.3 is 0 Å². The van der Waals surface area contributed by atoms with Crippen LogP contribution in [-0.2, 0) is 15.4 Å². The van der Waals surface area contributed by atoms with Gasteiger partial charge in [0.25, 0.3) is 6.43 Å². The minimum Gasteiger partial charge on any atom is -0.276 e. The number of alkyl halides is 2. The first-order valence-electron chi connectivity index (χ1n) is 10.7. The Morgan fingerprint density at radius 1 is 0.971 bits per heavy atom. The molecule has 0 fully saturated rings. The van der Waals surface area contributed by atoms with E-state index in [-0.39, 0.29) is 17.0 Å². The summed E-state index contributed by atoms with van der Waals surface area (Å²) in [6, 6.07) is 22.4. The third kappa shape index (κ3) is 4.97. The molecule has 0 unspecified atom stereocenters. The molecule has 0 bridgehead atoms. The minimum atomic E-state index is -3.61. The Morgan fingerprint density at radius 2 is 1.56 bits per heavy atom. The Hall–Kier alpha value is -3.26. The molecule has 4 nitrogen and oxygen atoms in total. The number of benzene rings is 3. The van der Waals surface area contributed by atoms with Gasteiger partial charge in [-0.15, -0.1) is 0 Å². The molecule has 0 saturated carbocycles. The van der Waals surface area contributed by atoms with Crippen LogP contribution in [0.3, 0.4) is 0 Å². The summed E-state index contributed by atoms with van der Waals surface area (Å²) >= 11 is 0. The lowest BCUT2D eigenvalue weighted by atomic mass is 9.87. The normalized spacial score (nSPS) is 19.9. The Labute approximate surface area is 196 Å². The zero-order chi connectivity index (χ0) is 24.3. The maximum Gasteiger partial charge on any atom is 0.267 e. The lowest BCUT2D eigenvalue weighted by Crippen LogP contribution is -2.35. The van der Waals surface area contributed by atoms with Gasteiger partial charge in [-0.05, 0) is 31.5 Å². The summed E-state index contributed by atoms with van der Waals surface area (Å²) in [7, 11) is -3.61. The van der Waals surface area contributed by atoms with Gasteiger partial charge in [0.2, 0.25) is 0 Å². The summed E-state index contributed by atoms with van der Waals surface area (Å²) < 4.78 is 68.3. The standard InChI is InChI=1S/C26H23F3N2O2S/c1-18-17-34(32,33)15-14-26(31-18,25(28)29)22-16-21(12-13-23(22)27)30-24(19-8-4-2-5-9-19)20-10-6-3-7-11-20/h2-13,16,25H,14-15,17H2,1H3/t26-/m0/s1. The average molecular weight is 485 g/mol. The van der Waals surface area contributed by atoms with Crippen molar-refractivity contribution in [2.75, 3.05) is 11.5 Å². The molecule has 0 spiro atoms. The first-order chi connectivity index (χ1) is 16.2. The predicted octanol–water partition coefficient (Wildman–Crippen LogP) is 5.73. The van der Waals surface area contributed by atoms with E-state index in [1.165, 1.54) is 19.1 Å². The van der Waals surface area contributed by atoms with Crippen LogP contribution in [-0.4, -0.2) is 37.8 Å². The van der Waals surface area contributed by atoms with Crippen molar-refractivity contribution in [3.63, 3.8) is 0 Å².